The van der Waals surface area contributed by atoms with E-state index in [0.717, 1.165) is 99.6 Å². The third kappa shape index (κ3) is 8.19. The zero-order chi connectivity index (χ0) is 37.7. The van der Waals surface area contributed by atoms with Crippen molar-refractivity contribution in [3.05, 3.63) is 0 Å². The maximum absolute atomic E-state index is 6.90. The van der Waals surface area contributed by atoms with Crippen LogP contribution in [0.5, 0.6) is 0 Å². The van der Waals surface area contributed by atoms with Crippen LogP contribution < -0.4 is 0 Å². The highest BCUT2D eigenvalue weighted by molar-refractivity contribution is 8.00. The molecular weight excluding hydrogens is 711 g/mol. The van der Waals surface area contributed by atoms with Gasteiger partial charge in [0, 0.05) is 34.5 Å². The van der Waals surface area contributed by atoms with Gasteiger partial charge < -0.3 is 4.74 Å². The van der Waals surface area contributed by atoms with Crippen LogP contribution in [0.25, 0.3) is 0 Å². The van der Waals surface area contributed by atoms with E-state index in [1.54, 1.807) is 141 Å². The standard InChI is InChI=1S/C54H89NOS/c1-3-12-36(13-4-1)38-24-28-43(29-25-38)55(44-30-26-39(27-31-44)37-14-5-2-6-15-37)45-19-10-17-41(35-45)40-16-9-18-42(34-40)46-21-11-22-47-48-32-33-51-52(54(48)57-53(46)47)49-20-7-8-23-50(49)56-51/h36-54H,1-35H2. The molecule has 0 amide bonds. The summed E-state index contributed by atoms with van der Waals surface area (Å²) < 4.78 is 6.90. The van der Waals surface area contributed by atoms with Crippen LogP contribution in [0.3, 0.4) is 0 Å². The number of nitrogens with zero attached hydrogens (tertiary/aromatic N) is 1. The Hall–Kier alpha value is 0.270. The molecule has 0 N–H and O–H groups in total. The molecule has 13 unspecified atom stereocenters. The van der Waals surface area contributed by atoms with Crippen LogP contribution in [0, 0.1) is 71.0 Å². The quantitative estimate of drug-likeness (QED) is 0.255. The van der Waals surface area contributed by atoms with E-state index in [2.05, 4.69) is 16.7 Å². The van der Waals surface area contributed by atoms with E-state index >= 15 is 0 Å². The van der Waals surface area contributed by atoms with Crippen molar-refractivity contribution in [2.45, 2.75) is 266 Å². The summed E-state index contributed by atoms with van der Waals surface area (Å²) in [5.74, 6) is 12.4. The van der Waals surface area contributed by atoms with E-state index in [1.165, 1.54) is 83.5 Å². The molecule has 13 atom stereocenters. The van der Waals surface area contributed by atoms with Gasteiger partial charge >= 0.3 is 0 Å². The van der Waals surface area contributed by atoms with Gasteiger partial charge in [-0.1, -0.05) is 116 Å². The number of thioether (sulfide) groups is 1. The smallest absolute Gasteiger partial charge is 0.0621 e. The van der Waals surface area contributed by atoms with Crippen molar-refractivity contribution in [1.29, 1.82) is 0 Å². The minimum atomic E-state index is 0.627. The van der Waals surface area contributed by atoms with E-state index in [4.69, 9.17) is 4.74 Å². The summed E-state index contributed by atoms with van der Waals surface area (Å²) >= 11 is 2.62. The predicted molar refractivity (Wildman–Crippen MR) is 241 cm³/mol. The lowest BCUT2D eigenvalue weighted by Crippen LogP contribution is -2.54. The summed E-state index contributed by atoms with van der Waals surface area (Å²) in [5.41, 5.74) is 0. The molecule has 0 bridgehead atoms. The van der Waals surface area contributed by atoms with Crippen LogP contribution in [0.1, 0.15) is 225 Å². The van der Waals surface area contributed by atoms with Crippen molar-refractivity contribution < 1.29 is 4.74 Å². The zero-order valence-corrected chi connectivity index (χ0v) is 37.8. The van der Waals surface area contributed by atoms with Gasteiger partial charge in [0.05, 0.1) is 12.2 Å². The highest BCUT2D eigenvalue weighted by Gasteiger charge is 2.60. The molecule has 11 aliphatic rings. The molecule has 9 saturated carbocycles. The SMILES string of the molecule is C1CCC(C2CCC(N(C3CCC(C4CCCCC4)CC3)C3CCCC(C4CCCC(C5CCCC6C7CCC8OC9CCCCC9C8C7SC56)C4)C3)CC2)CC1. The van der Waals surface area contributed by atoms with Crippen molar-refractivity contribution >= 4 is 11.8 Å². The van der Waals surface area contributed by atoms with Crippen molar-refractivity contribution in [2.24, 2.45) is 71.0 Å². The van der Waals surface area contributed by atoms with E-state index < -0.39 is 0 Å². The summed E-state index contributed by atoms with van der Waals surface area (Å²) in [7, 11) is 0. The van der Waals surface area contributed by atoms with Gasteiger partial charge in [-0.2, -0.15) is 11.8 Å². The van der Waals surface area contributed by atoms with Gasteiger partial charge in [0.15, 0.2) is 0 Å². The van der Waals surface area contributed by atoms with Crippen molar-refractivity contribution in [3.8, 4) is 0 Å². The van der Waals surface area contributed by atoms with Gasteiger partial charge in [0.2, 0.25) is 0 Å². The first-order valence-corrected chi connectivity index (χ1v) is 28.3. The van der Waals surface area contributed by atoms with Gasteiger partial charge in [-0.3, -0.25) is 4.90 Å². The van der Waals surface area contributed by atoms with Crippen LogP contribution in [0.15, 0.2) is 0 Å². The summed E-state index contributed by atoms with van der Waals surface area (Å²) in [6, 6.07) is 2.74. The molecule has 11 fully saturated rings. The zero-order valence-electron chi connectivity index (χ0n) is 37.0. The van der Waals surface area contributed by atoms with E-state index in [0.29, 0.717) is 12.2 Å². The molecule has 3 heteroatoms. The van der Waals surface area contributed by atoms with Crippen LogP contribution in [0.4, 0.5) is 0 Å². The van der Waals surface area contributed by atoms with Crippen LogP contribution in [-0.4, -0.2) is 45.7 Å². The molecule has 0 aromatic carbocycles. The Morgan fingerprint density at radius 1 is 0.298 bits per heavy atom. The third-order valence-electron chi connectivity index (χ3n) is 21.5. The predicted octanol–water partition coefficient (Wildman–Crippen LogP) is 14.8. The number of hydrogen-bond acceptors (Lipinski definition) is 3. The Bertz CT molecular complexity index is 1240. The summed E-state index contributed by atoms with van der Waals surface area (Å²) in [4.78, 5) is 3.39. The maximum Gasteiger partial charge on any atom is 0.0621 e. The summed E-state index contributed by atoms with van der Waals surface area (Å²) in [6.07, 6.45) is 55.2. The highest BCUT2D eigenvalue weighted by atomic mass is 32.2. The maximum atomic E-state index is 6.90. The lowest BCUT2D eigenvalue weighted by molar-refractivity contribution is -0.0186. The van der Waals surface area contributed by atoms with Gasteiger partial charge in [-0.15, -0.1) is 0 Å². The molecule has 2 nitrogen and oxygen atoms in total. The molecule has 2 saturated heterocycles. The molecule has 0 radical (unpaired) electrons. The molecule has 2 heterocycles. The first kappa shape index (κ1) is 40.1. The van der Waals surface area contributed by atoms with Gasteiger partial charge in [0.1, 0.15) is 0 Å². The summed E-state index contributed by atoms with van der Waals surface area (Å²) in [6.45, 7) is 0. The van der Waals surface area contributed by atoms with Gasteiger partial charge in [0.25, 0.3) is 0 Å². The highest BCUT2D eigenvalue weighted by Crippen LogP contribution is 2.64. The second-order valence-corrected chi connectivity index (χ2v) is 25.3. The second kappa shape index (κ2) is 18.2. The van der Waals surface area contributed by atoms with Gasteiger partial charge in [-0.05, 0) is 174 Å². The third-order valence-corrected chi connectivity index (χ3v) is 23.5. The van der Waals surface area contributed by atoms with Crippen molar-refractivity contribution in [2.75, 3.05) is 0 Å². The summed E-state index contributed by atoms with van der Waals surface area (Å²) in [5, 5.41) is 1.95. The fourth-order valence-corrected chi connectivity index (χ4v) is 21.5. The molecule has 9 aliphatic carbocycles. The lowest BCUT2D eigenvalue weighted by Gasteiger charge is -2.52. The van der Waals surface area contributed by atoms with Crippen molar-refractivity contribution in [1.82, 2.24) is 4.90 Å². The molecule has 57 heavy (non-hydrogen) atoms. The Kier molecular flexibility index (Phi) is 12.8. The van der Waals surface area contributed by atoms with E-state index in [-0.39, 0.29) is 0 Å². The van der Waals surface area contributed by atoms with Gasteiger partial charge in [-0.25, -0.2) is 0 Å². The Morgan fingerprint density at radius 3 is 1.51 bits per heavy atom. The van der Waals surface area contributed by atoms with Crippen LogP contribution >= 0.6 is 11.8 Å². The fraction of sp³-hybridized carbons (Fsp3) is 1.00. The normalized spacial score (nSPS) is 50.2. The molecule has 0 aromatic heterocycles. The Labute approximate surface area is 356 Å². The number of hydrogen-bond donors (Lipinski definition) is 0. The molecule has 2 aliphatic heterocycles. The first-order valence-electron chi connectivity index (χ1n) is 27.3. The lowest BCUT2D eigenvalue weighted by atomic mass is 9.60. The van der Waals surface area contributed by atoms with Crippen LogP contribution in [-0.2, 0) is 4.74 Å². The minimum absolute atomic E-state index is 0.627. The largest absolute Gasteiger partial charge is 0.374 e. The van der Waals surface area contributed by atoms with Crippen LogP contribution in [0.2, 0.25) is 0 Å². The fourth-order valence-electron chi connectivity index (χ4n) is 18.9. The first-order chi connectivity index (χ1) is 28.2. The second-order valence-electron chi connectivity index (χ2n) is 24.0. The number of fused-ring (bicyclic) bond motifs is 7. The molecule has 11 rings (SSSR count). The average molecular weight is 800 g/mol. The monoisotopic (exact) mass is 800 g/mol. The van der Waals surface area contributed by atoms with E-state index in [1.807, 2.05) is 0 Å². The molecular formula is C54H89NOS. The average Bonchev–Trinajstić information content (AvgIpc) is 3.86. The van der Waals surface area contributed by atoms with E-state index in [9.17, 15) is 0 Å². The Morgan fingerprint density at radius 2 is 0.807 bits per heavy atom. The number of rotatable bonds is 7. The Balaban J connectivity index is 0.759. The topological polar surface area (TPSA) is 12.5 Å². The molecule has 0 spiro atoms. The molecule has 322 valence electrons. The number of ether oxygens (including phenoxy) is 1. The van der Waals surface area contributed by atoms with Crippen molar-refractivity contribution in [3.63, 3.8) is 0 Å². The minimum Gasteiger partial charge on any atom is -0.374 e. The molecule has 0 aromatic rings.